The highest BCUT2D eigenvalue weighted by Gasteiger charge is 2.28. The van der Waals surface area contributed by atoms with Crippen molar-refractivity contribution in [2.24, 2.45) is 0 Å². The number of nitrogens with one attached hydrogen (secondary N) is 1. The molecule has 1 amide bonds. The average Bonchev–Trinajstić information content (AvgIpc) is 3.26. The van der Waals surface area contributed by atoms with E-state index in [2.05, 4.69) is 92.1 Å². The minimum atomic E-state index is -4.79. The zero-order valence-electron chi connectivity index (χ0n) is 38.8. The predicted octanol–water partition coefficient (Wildman–Crippen LogP) is 12.8. The van der Waals surface area contributed by atoms with Gasteiger partial charge in [-0.05, 0) is 77.0 Å². The van der Waals surface area contributed by atoms with Gasteiger partial charge in [0.05, 0.1) is 13.2 Å². The second-order valence-corrected chi connectivity index (χ2v) is 17.0. The van der Waals surface area contributed by atoms with Gasteiger partial charge in [-0.25, -0.2) is 9.36 Å². The number of hydrogen-bond acceptors (Lipinski definition) is 8. The number of phosphoric ester groups is 1. The number of carbonyl (C=O) groups excluding carboxylic acids is 2. The maximum Gasteiger partial charge on any atom is 0.472 e. The van der Waals surface area contributed by atoms with Gasteiger partial charge in [0.15, 0.2) is 6.04 Å². The van der Waals surface area contributed by atoms with Crippen LogP contribution in [0.4, 0.5) is 0 Å². The highest BCUT2D eigenvalue weighted by molar-refractivity contribution is 7.47. The van der Waals surface area contributed by atoms with Crippen LogP contribution >= 0.6 is 7.82 Å². The molecule has 11 nitrogen and oxygen atoms in total. The van der Waals surface area contributed by atoms with Gasteiger partial charge < -0.3 is 25.2 Å². The van der Waals surface area contributed by atoms with Crippen LogP contribution < -0.4 is 5.32 Å². The Morgan fingerprint density at radius 1 is 0.540 bits per heavy atom. The molecule has 63 heavy (non-hydrogen) atoms. The quantitative estimate of drug-likeness (QED) is 0.0200. The van der Waals surface area contributed by atoms with Crippen LogP contribution in [-0.2, 0) is 32.7 Å². The highest BCUT2D eigenvalue weighted by atomic mass is 31.2. The fourth-order valence-electron chi connectivity index (χ4n) is 5.98. The summed E-state index contributed by atoms with van der Waals surface area (Å²) in [6, 6.07) is -1.61. The van der Waals surface area contributed by atoms with Crippen LogP contribution in [0.25, 0.3) is 0 Å². The van der Waals surface area contributed by atoms with Gasteiger partial charge in [0.2, 0.25) is 5.91 Å². The topological polar surface area (TPSA) is 169 Å². The molecular weight excluding hydrogens is 818 g/mol. The largest absolute Gasteiger partial charge is 0.480 e. The molecule has 0 radical (unpaired) electrons. The van der Waals surface area contributed by atoms with Gasteiger partial charge >= 0.3 is 19.8 Å². The molecule has 0 aliphatic heterocycles. The zero-order chi connectivity index (χ0) is 46.3. The number of aliphatic hydroxyl groups excluding tert-OH is 1. The predicted molar refractivity (Wildman–Crippen MR) is 258 cm³/mol. The molecule has 358 valence electrons. The van der Waals surface area contributed by atoms with Gasteiger partial charge in [-0.15, -0.1) is 0 Å². The molecule has 12 heteroatoms. The average molecular weight is 902 g/mol. The van der Waals surface area contributed by atoms with Crippen molar-refractivity contribution in [1.82, 2.24) is 5.32 Å². The van der Waals surface area contributed by atoms with Crippen LogP contribution in [0, 0.1) is 0 Å². The first-order chi connectivity index (χ1) is 30.6. The maximum atomic E-state index is 12.3. The van der Waals surface area contributed by atoms with E-state index in [9.17, 15) is 34.1 Å². The molecule has 3 atom stereocenters. The fourth-order valence-corrected chi connectivity index (χ4v) is 6.75. The van der Waals surface area contributed by atoms with Crippen LogP contribution in [0.3, 0.4) is 0 Å². The number of carboxylic acids is 1. The summed E-state index contributed by atoms with van der Waals surface area (Å²) < 4.78 is 26.8. The van der Waals surface area contributed by atoms with E-state index >= 15 is 0 Å². The molecule has 0 saturated heterocycles. The lowest BCUT2D eigenvalue weighted by molar-refractivity contribution is -0.147. The van der Waals surface area contributed by atoms with Crippen molar-refractivity contribution in [1.29, 1.82) is 0 Å². The lowest BCUT2D eigenvalue weighted by Crippen LogP contribution is -2.43. The van der Waals surface area contributed by atoms with E-state index in [0.29, 0.717) is 12.8 Å². The van der Waals surface area contributed by atoms with Crippen molar-refractivity contribution in [3.05, 3.63) is 97.2 Å². The minimum absolute atomic E-state index is 0.0949. The van der Waals surface area contributed by atoms with Crippen LogP contribution in [0.15, 0.2) is 97.2 Å². The molecular formula is C51H84NO10P. The summed E-state index contributed by atoms with van der Waals surface area (Å²) >= 11 is 0. The Balaban J connectivity index is 4.02. The third-order valence-corrected chi connectivity index (χ3v) is 10.6. The smallest absolute Gasteiger partial charge is 0.472 e. The summed E-state index contributed by atoms with van der Waals surface area (Å²) in [5.41, 5.74) is 0. The minimum Gasteiger partial charge on any atom is -0.480 e. The second-order valence-electron chi connectivity index (χ2n) is 15.6. The molecule has 0 aliphatic rings. The van der Waals surface area contributed by atoms with Gasteiger partial charge in [0, 0.05) is 12.8 Å². The van der Waals surface area contributed by atoms with Crippen LogP contribution in [0.5, 0.6) is 0 Å². The SMILES string of the molecule is CC/C=C\C/C=C\C/C=C\C/C=C\C/C=C\C/C=C\C/C=C\CC(=O)NC(COP(=O)(O)OCC(O)COC(=O)CCCCCCCCC/C=C\CCCCCCCCC)C(=O)O. The number of amides is 1. The number of hydrogen-bond donors (Lipinski definition) is 4. The summed E-state index contributed by atoms with van der Waals surface area (Å²) in [5, 5.41) is 21.8. The van der Waals surface area contributed by atoms with E-state index in [4.69, 9.17) is 13.8 Å². The molecule has 0 heterocycles. The first-order valence-corrected chi connectivity index (χ1v) is 25.3. The third kappa shape index (κ3) is 44.8. The van der Waals surface area contributed by atoms with Gasteiger partial charge in [-0.2, -0.15) is 0 Å². The normalized spacial score (nSPS) is 14.5. The molecule has 0 rings (SSSR count). The van der Waals surface area contributed by atoms with Crippen molar-refractivity contribution in [3.63, 3.8) is 0 Å². The van der Waals surface area contributed by atoms with E-state index in [-0.39, 0.29) is 12.8 Å². The summed E-state index contributed by atoms with van der Waals surface area (Å²) in [4.78, 5) is 45.9. The van der Waals surface area contributed by atoms with E-state index in [1.807, 2.05) is 12.2 Å². The molecule has 0 aromatic heterocycles. The number of allylic oxidation sites excluding steroid dienone is 15. The second kappa shape index (κ2) is 45.0. The van der Waals surface area contributed by atoms with Gasteiger partial charge in [-0.1, -0.05) is 182 Å². The Bertz CT molecular complexity index is 1430. The monoisotopic (exact) mass is 902 g/mol. The van der Waals surface area contributed by atoms with Crippen molar-refractivity contribution in [3.8, 4) is 0 Å². The molecule has 4 N–H and O–H groups in total. The fraction of sp³-hybridized carbons (Fsp3) is 0.627. The number of ether oxygens (including phenoxy) is 1. The lowest BCUT2D eigenvalue weighted by atomic mass is 10.1. The Morgan fingerprint density at radius 2 is 0.952 bits per heavy atom. The number of unbranched alkanes of at least 4 members (excludes halogenated alkanes) is 14. The van der Waals surface area contributed by atoms with Gasteiger partial charge in [-0.3, -0.25) is 18.6 Å². The number of rotatable bonds is 43. The molecule has 3 unspecified atom stereocenters. The summed E-state index contributed by atoms with van der Waals surface area (Å²) in [6.45, 7) is 2.40. The molecule has 0 saturated carbocycles. The van der Waals surface area contributed by atoms with Gasteiger partial charge in [0.1, 0.15) is 12.7 Å². The first-order valence-electron chi connectivity index (χ1n) is 23.8. The number of aliphatic carboxylic acids is 1. The Morgan fingerprint density at radius 3 is 1.41 bits per heavy atom. The molecule has 0 spiro atoms. The van der Waals surface area contributed by atoms with Crippen molar-refractivity contribution in [2.45, 2.75) is 187 Å². The maximum absolute atomic E-state index is 12.3. The van der Waals surface area contributed by atoms with Crippen LogP contribution in [0.2, 0.25) is 0 Å². The summed E-state index contributed by atoms with van der Waals surface area (Å²) in [6.07, 6.45) is 57.5. The standard InChI is InChI=1S/C51H84NO10P/c1-3-5-7-9-11-13-15-17-19-21-23-24-25-26-28-30-32-34-36-38-40-42-49(54)52-48(51(56)57)46-62-63(58,59)61-45-47(53)44-60-50(55)43-41-39-37-35-33-31-29-27-22-20-18-16-14-12-10-8-6-4-2/h5,7,11,13,17,19-20,22-24,26,28,32,34,38,40,47-48,53H,3-4,6,8-10,12,14-16,18,21,25,27,29-31,33,35-37,39,41-46H2,1-2H3,(H,52,54)(H,56,57)(H,58,59)/b7-5-,13-11-,19-17-,22-20-,24-23-,28-26-,34-32-,40-38-. The number of carboxylic acid groups (broad SMARTS) is 1. The molecule has 0 fully saturated rings. The zero-order valence-corrected chi connectivity index (χ0v) is 39.7. The number of esters is 1. The van der Waals surface area contributed by atoms with Crippen LogP contribution in [0.1, 0.15) is 174 Å². The lowest BCUT2D eigenvalue weighted by Gasteiger charge is -2.18. The summed E-state index contributed by atoms with van der Waals surface area (Å²) in [5.74, 6) is -2.56. The van der Waals surface area contributed by atoms with E-state index < -0.39 is 57.6 Å². The van der Waals surface area contributed by atoms with Gasteiger partial charge in [0.25, 0.3) is 0 Å². The van der Waals surface area contributed by atoms with E-state index in [0.717, 1.165) is 64.2 Å². The molecule has 0 bridgehead atoms. The number of carbonyl (C=O) groups is 3. The van der Waals surface area contributed by atoms with E-state index in [1.54, 1.807) is 12.2 Å². The molecule has 0 aliphatic carbocycles. The van der Waals surface area contributed by atoms with Crippen molar-refractivity contribution >= 4 is 25.7 Å². The number of phosphoric acid groups is 1. The third-order valence-electron chi connectivity index (χ3n) is 9.64. The summed E-state index contributed by atoms with van der Waals surface area (Å²) in [7, 11) is -4.79. The van der Waals surface area contributed by atoms with E-state index in [1.165, 1.54) is 70.6 Å². The molecule has 0 aromatic carbocycles. The number of aliphatic hydroxyl groups is 1. The first kappa shape index (κ1) is 59.4. The Labute approximate surface area is 381 Å². The highest BCUT2D eigenvalue weighted by Crippen LogP contribution is 2.43. The Kier molecular flexibility index (Phi) is 42.4. The molecule has 0 aromatic rings. The Hall–Kier alpha value is -3.60. The van der Waals surface area contributed by atoms with Crippen LogP contribution in [-0.4, -0.2) is 64.9 Å². The van der Waals surface area contributed by atoms with Crippen molar-refractivity contribution < 1.29 is 47.8 Å². The van der Waals surface area contributed by atoms with Crippen molar-refractivity contribution in [2.75, 3.05) is 19.8 Å².